The summed E-state index contributed by atoms with van der Waals surface area (Å²) in [6.07, 6.45) is 3.07. The fourth-order valence-electron chi connectivity index (χ4n) is 4.09. The number of aromatic nitrogens is 3. The largest absolute Gasteiger partial charge is 0.465 e. The summed E-state index contributed by atoms with van der Waals surface area (Å²) in [6.45, 7) is 4.64. The number of aryl methyl sites for hydroxylation is 1. The monoisotopic (exact) mass is 451 g/mol. The SMILES string of the molecule is CC[C@H](NC(=O)O)[C@H](Nc1nc(Nc2ccc3c(cnn3CC)c2)c(C#N)cc1F)C1CC1. The number of nitriles is 1. The van der Waals surface area contributed by atoms with Gasteiger partial charge in [-0.15, -0.1) is 0 Å². The minimum Gasteiger partial charge on any atom is -0.465 e. The summed E-state index contributed by atoms with van der Waals surface area (Å²) in [7, 11) is 0. The molecule has 1 fully saturated rings. The molecule has 33 heavy (non-hydrogen) atoms. The Morgan fingerprint density at radius 2 is 2.12 bits per heavy atom. The van der Waals surface area contributed by atoms with E-state index in [-0.39, 0.29) is 35.2 Å². The van der Waals surface area contributed by atoms with Crippen LogP contribution in [0.1, 0.15) is 38.7 Å². The molecule has 1 aliphatic rings. The van der Waals surface area contributed by atoms with Crippen LogP contribution in [0.15, 0.2) is 30.5 Å². The highest BCUT2D eigenvalue weighted by molar-refractivity contribution is 5.83. The molecule has 1 aliphatic carbocycles. The first-order chi connectivity index (χ1) is 15.9. The number of carbonyl (C=O) groups is 1. The second-order valence-corrected chi connectivity index (χ2v) is 8.16. The maximum atomic E-state index is 14.8. The van der Waals surface area contributed by atoms with Gasteiger partial charge in [0.15, 0.2) is 17.5 Å². The van der Waals surface area contributed by atoms with Gasteiger partial charge >= 0.3 is 6.09 Å². The molecule has 0 aliphatic heterocycles. The number of hydrogen-bond donors (Lipinski definition) is 4. The Kier molecular flexibility index (Phi) is 6.31. The van der Waals surface area contributed by atoms with Crippen molar-refractivity contribution < 1.29 is 14.3 Å². The highest BCUT2D eigenvalue weighted by Crippen LogP contribution is 2.37. The molecule has 10 heteroatoms. The lowest BCUT2D eigenvalue weighted by Crippen LogP contribution is -2.47. The normalized spacial score (nSPS) is 15.0. The lowest BCUT2D eigenvalue weighted by atomic mass is 10.0. The Balaban J connectivity index is 1.63. The minimum absolute atomic E-state index is 0.0149. The van der Waals surface area contributed by atoms with Crippen LogP contribution in [0.25, 0.3) is 10.9 Å². The van der Waals surface area contributed by atoms with E-state index in [4.69, 9.17) is 0 Å². The Hall–Kier alpha value is -3.87. The summed E-state index contributed by atoms with van der Waals surface area (Å²) in [5.41, 5.74) is 1.75. The number of amides is 1. The van der Waals surface area contributed by atoms with Crippen LogP contribution < -0.4 is 16.0 Å². The Labute approximate surface area is 190 Å². The third-order valence-corrected chi connectivity index (χ3v) is 5.92. The zero-order valence-corrected chi connectivity index (χ0v) is 18.5. The van der Waals surface area contributed by atoms with Crippen molar-refractivity contribution in [1.29, 1.82) is 5.26 Å². The van der Waals surface area contributed by atoms with E-state index in [1.807, 2.05) is 42.8 Å². The van der Waals surface area contributed by atoms with Crippen LogP contribution >= 0.6 is 0 Å². The van der Waals surface area contributed by atoms with Gasteiger partial charge in [0.2, 0.25) is 0 Å². The molecule has 4 N–H and O–H groups in total. The van der Waals surface area contributed by atoms with Gasteiger partial charge in [0.25, 0.3) is 0 Å². The van der Waals surface area contributed by atoms with E-state index in [0.717, 1.165) is 36.4 Å². The molecule has 1 amide bonds. The number of rotatable bonds is 9. The molecule has 0 bridgehead atoms. The highest BCUT2D eigenvalue weighted by Gasteiger charge is 2.37. The van der Waals surface area contributed by atoms with Gasteiger partial charge in [0.1, 0.15) is 6.07 Å². The van der Waals surface area contributed by atoms with Gasteiger partial charge in [0, 0.05) is 17.6 Å². The first-order valence-corrected chi connectivity index (χ1v) is 11.0. The summed E-state index contributed by atoms with van der Waals surface area (Å²) < 4.78 is 16.7. The average Bonchev–Trinajstić information content (AvgIpc) is 3.56. The third kappa shape index (κ3) is 4.82. The molecular formula is C23H26FN7O2. The van der Waals surface area contributed by atoms with Crippen LogP contribution in [0.3, 0.4) is 0 Å². The van der Waals surface area contributed by atoms with Crippen LogP contribution in [0.2, 0.25) is 0 Å². The number of carboxylic acid groups (broad SMARTS) is 1. The number of benzene rings is 1. The van der Waals surface area contributed by atoms with Crippen molar-refractivity contribution in [2.75, 3.05) is 10.6 Å². The molecule has 0 radical (unpaired) electrons. The zero-order valence-electron chi connectivity index (χ0n) is 18.5. The number of anilines is 3. The summed E-state index contributed by atoms with van der Waals surface area (Å²) >= 11 is 0. The van der Waals surface area contributed by atoms with Crippen molar-refractivity contribution in [3.8, 4) is 6.07 Å². The van der Waals surface area contributed by atoms with Gasteiger partial charge in [-0.25, -0.2) is 14.2 Å². The van der Waals surface area contributed by atoms with Gasteiger partial charge < -0.3 is 21.1 Å². The lowest BCUT2D eigenvalue weighted by Gasteiger charge is -2.28. The van der Waals surface area contributed by atoms with Gasteiger partial charge in [-0.1, -0.05) is 6.92 Å². The fraction of sp³-hybridized carbons (Fsp3) is 0.391. The van der Waals surface area contributed by atoms with Gasteiger partial charge in [-0.05, 0) is 56.4 Å². The van der Waals surface area contributed by atoms with E-state index in [2.05, 4.69) is 26.0 Å². The van der Waals surface area contributed by atoms with Crippen LogP contribution in [-0.2, 0) is 6.54 Å². The molecule has 2 atom stereocenters. The number of nitrogens with zero attached hydrogens (tertiary/aromatic N) is 4. The molecule has 0 saturated heterocycles. The van der Waals surface area contributed by atoms with Crippen LogP contribution in [0.5, 0.6) is 0 Å². The number of pyridine rings is 1. The molecule has 0 spiro atoms. The maximum Gasteiger partial charge on any atom is 0.404 e. The zero-order chi connectivity index (χ0) is 23.5. The van der Waals surface area contributed by atoms with Crippen molar-refractivity contribution in [3.05, 3.63) is 41.8 Å². The number of fused-ring (bicyclic) bond motifs is 1. The molecule has 2 aromatic heterocycles. The number of halogens is 1. The molecule has 1 saturated carbocycles. The standard InChI is InChI=1S/C23H26FN7O2/c1-3-18(28-23(32)33)20(13-5-6-13)29-22-17(24)10-14(11-25)21(30-22)27-16-7-8-19-15(9-16)12-26-31(19)4-2/h7-10,12-13,18,20,28H,3-6H2,1-2H3,(H,32,33)(H2,27,29,30)/t18-,20+/m0/s1. The van der Waals surface area contributed by atoms with Crippen molar-refractivity contribution in [3.63, 3.8) is 0 Å². The number of nitrogens with one attached hydrogen (secondary N) is 3. The van der Waals surface area contributed by atoms with Crippen molar-refractivity contribution in [2.24, 2.45) is 5.92 Å². The van der Waals surface area contributed by atoms with Gasteiger partial charge in [-0.3, -0.25) is 4.68 Å². The predicted octanol–water partition coefficient (Wildman–Crippen LogP) is 4.44. The molecule has 9 nitrogen and oxygen atoms in total. The molecule has 0 unspecified atom stereocenters. The second kappa shape index (κ2) is 9.32. The smallest absolute Gasteiger partial charge is 0.404 e. The van der Waals surface area contributed by atoms with Crippen molar-refractivity contribution in [2.45, 2.75) is 51.7 Å². The topological polar surface area (TPSA) is 128 Å². The molecule has 3 aromatic rings. The summed E-state index contributed by atoms with van der Waals surface area (Å²) in [5.74, 6) is -0.225. The Morgan fingerprint density at radius 3 is 2.76 bits per heavy atom. The van der Waals surface area contributed by atoms with E-state index in [9.17, 15) is 19.6 Å². The van der Waals surface area contributed by atoms with E-state index < -0.39 is 11.9 Å². The van der Waals surface area contributed by atoms with Crippen molar-refractivity contribution >= 4 is 34.3 Å². The van der Waals surface area contributed by atoms with Crippen LogP contribution in [0, 0.1) is 23.1 Å². The molecular weight excluding hydrogens is 425 g/mol. The van der Waals surface area contributed by atoms with Crippen molar-refractivity contribution in [1.82, 2.24) is 20.1 Å². The second-order valence-electron chi connectivity index (χ2n) is 8.16. The summed E-state index contributed by atoms with van der Waals surface area (Å²) in [4.78, 5) is 15.6. The fourth-order valence-corrected chi connectivity index (χ4v) is 4.09. The lowest BCUT2D eigenvalue weighted by molar-refractivity contribution is 0.187. The summed E-state index contributed by atoms with van der Waals surface area (Å²) in [5, 5.41) is 32.7. The molecule has 1 aromatic carbocycles. The third-order valence-electron chi connectivity index (χ3n) is 5.92. The van der Waals surface area contributed by atoms with Crippen LogP contribution in [-0.4, -0.2) is 38.0 Å². The maximum absolute atomic E-state index is 14.8. The molecule has 2 heterocycles. The van der Waals surface area contributed by atoms with Gasteiger partial charge in [0.05, 0.1) is 29.4 Å². The Bertz CT molecular complexity index is 1220. The highest BCUT2D eigenvalue weighted by atomic mass is 19.1. The average molecular weight is 452 g/mol. The molecule has 172 valence electrons. The van der Waals surface area contributed by atoms with E-state index >= 15 is 0 Å². The summed E-state index contributed by atoms with van der Waals surface area (Å²) in [6, 6.07) is 8.11. The van der Waals surface area contributed by atoms with E-state index in [0.29, 0.717) is 12.1 Å². The first kappa shape index (κ1) is 22.3. The quantitative estimate of drug-likeness (QED) is 0.379. The number of hydrogen-bond acceptors (Lipinski definition) is 6. The predicted molar refractivity (Wildman–Crippen MR) is 123 cm³/mol. The minimum atomic E-state index is -1.12. The van der Waals surface area contributed by atoms with E-state index in [1.165, 1.54) is 0 Å². The van der Waals surface area contributed by atoms with Gasteiger partial charge in [-0.2, -0.15) is 10.4 Å². The Morgan fingerprint density at radius 1 is 1.33 bits per heavy atom. The first-order valence-electron chi connectivity index (χ1n) is 11.0. The molecule has 4 rings (SSSR count). The van der Waals surface area contributed by atoms with E-state index in [1.54, 1.807) is 6.20 Å². The van der Waals surface area contributed by atoms with Crippen LogP contribution in [0.4, 0.5) is 26.5 Å².